The first-order valence-corrected chi connectivity index (χ1v) is 8.02. The molecule has 0 aromatic heterocycles. The summed E-state index contributed by atoms with van der Waals surface area (Å²) < 4.78 is 27.8. The summed E-state index contributed by atoms with van der Waals surface area (Å²) in [5.41, 5.74) is 3.46. The lowest BCUT2D eigenvalue weighted by atomic mass is 9.97. The third-order valence-corrected chi connectivity index (χ3v) is 4.45. The van der Waals surface area contributed by atoms with E-state index < -0.39 is 17.6 Å². The van der Waals surface area contributed by atoms with Crippen LogP contribution >= 0.6 is 0 Å². The molecule has 0 fully saturated rings. The van der Waals surface area contributed by atoms with Crippen LogP contribution in [0.25, 0.3) is 11.1 Å². The Kier molecular flexibility index (Phi) is 3.84. The van der Waals surface area contributed by atoms with Gasteiger partial charge in [0, 0.05) is 6.42 Å². The molecule has 5 heteroatoms. The van der Waals surface area contributed by atoms with E-state index in [-0.39, 0.29) is 11.1 Å². The van der Waals surface area contributed by atoms with Crippen molar-refractivity contribution in [1.82, 2.24) is 0 Å². The molecule has 1 N–H and O–H groups in total. The van der Waals surface area contributed by atoms with Crippen molar-refractivity contribution in [2.75, 3.05) is 0 Å². The number of benzene rings is 3. The molecule has 1 aliphatic heterocycles. The predicted octanol–water partition coefficient (Wildman–Crippen LogP) is 5.01. The summed E-state index contributed by atoms with van der Waals surface area (Å²) in [4.78, 5) is 15.9. The van der Waals surface area contributed by atoms with E-state index in [9.17, 15) is 18.7 Å². The second-order valence-electron chi connectivity index (χ2n) is 6.02. The van der Waals surface area contributed by atoms with Gasteiger partial charge in [-0.3, -0.25) is 4.99 Å². The first-order chi connectivity index (χ1) is 12.5. The molecule has 0 unspecified atom stereocenters. The maximum absolute atomic E-state index is 13.9. The monoisotopic (exact) mass is 349 g/mol. The van der Waals surface area contributed by atoms with Gasteiger partial charge in [0.1, 0.15) is 11.6 Å². The topological polar surface area (TPSA) is 49.7 Å². The van der Waals surface area contributed by atoms with Gasteiger partial charge in [0.05, 0.1) is 22.5 Å². The number of carboxylic acid groups (broad SMARTS) is 1. The number of carboxylic acids is 1. The molecule has 128 valence electrons. The lowest BCUT2D eigenvalue weighted by Crippen LogP contribution is -2.05. The molecule has 0 aliphatic carbocycles. The zero-order chi connectivity index (χ0) is 18.3. The van der Waals surface area contributed by atoms with Crippen molar-refractivity contribution in [1.29, 1.82) is 0 Å². The number of aliphatic imine (C=N–C) groups is 1. The second-order valence-corrected chi connectivity index (χ2v) is 6.02. The van der Waals surface area contributed by atoms with E-state index in [0.29, 0.717) is 23.2 Å². The Balaban J connectivity index is 1.67. The van der Waals surface area contributed by atoms with E-state index in [0.717, 1.165) is 11.3 Å². The SMILES string of the molecule is O=C(O)c1cccc2c1CC(c1ccc(-c3c(F)cccc3F)cc1)=N2. The molecule has 3 aromatic carbocycles. The largest absolute Gasteiger partial charge is 0.478 e. The van der Waals surface area contributed by atoms with Crippen LogP contribution in [0, 0.1) is 11.6 Å². The van der Waals surface area contributed by atoms with Crippen molar-refractivity contribution in [2.24, 2.45) is 4.99 Å². The lowest BCUT2D eigenvalue weighted by Gasteiger charge is -2.07. The van der Waals surface area contributed by atoms with Gasteiger partial charge < -0.3 is 5.11 Å². The fourth-order valence-electron chi connectivity index (χ4n) is 3.19. The standard InChI is InChI=1S/C21H13F2NO2/c22-16-4-2-5-17(23)20(16)13-9-7-12(8-10-13)19-11-15-14(21(25)26)3-1-6-18(15)24-19/h1-10H,11H2,(H,25,26). The second kappa shape index (κ2) is 6.19. The lowest BCUT2D eigenvalue weighted by molar-refractivity contribution is 0.0696. The molecule has 1 heterocycles. The molecule has 4 rings (SSSR count). The Bertz CT molecular complexity index is 1040. The minimum absolute atomic E-state index is 0.0659. The number of rotatable bonds is 3. The number of aromatic carboxylic acids is 1. The van der Waals surface area contributed by atoms with Gasteiger partial charge in [0.2, 0.25) is 0 Å². The molecule has 0 radical (unpaired) electrons. The molecule has 0 saturated carbocycles. The highest BCUT2D eigenvalue weighted by molar-refractivity contribution is 6.08. The highest BCUT2D eigenvalue weighted by Crippen LogP contribution is 2.32. The summed E-state index contributed by atoms with van der Waals surface area (Å²) >= 11 is 0. The molecule has 3 aromatic rings. The Labute approximate surface area is 148 Å². The third-order valence-electron chi connectivity index (χ3n) is 4.45. The van der Waals surface area contributed by atoms with Gasteiger partial charge in [0.15, 0.2) is 0 Å². The average molecular weight is 349 g/mol. The molecule has 3 nitrogen and oxygen atoms in total. The van der Waals surface area contributed by atoms with E-state index >= 15 is 0 Å². The number of fused-ring (bicyclic) bond motifs is 1. The molecular formula is C21H13F2NO2. The summed E-state index contributed by atoms with van der Waals surface area (Å²) in [5.74, 6) is -2.22. The van der Waals surface area contributed by atoms with Gasteiger partial charge in [-0.1, -0.05) is 36.4 Å². The molecule has 0 saturated heterocycles. The number of hydrogen-bond donors (Lipinski definition) is 1. The van der Waals surface area contributed by atoms with Crippen LogP contribution in [0.1, 0.15) is 21.5 Å². The van der Waals surface area contributed by atoms with Gasteiger partial charge in [0.25, 0.3) is 0 Å². The first kappa shape index (κ1) is 16.1. The fourth-order valence-corrected chi connectivity index (χ4v) is 3.19. The maximum atomic E-state index is 13.9. The highest BCUT2D eigenvalue weighted by atomic mass is 19.1. The van der Waals surface area contributed by atoms with Crippen LogP contribution in [0.2, 0.25) is 0 Å². The summed E-state index contributed by atoms with van der Waals surface area (Å²) in [5, 5.41) is 9.30. The minimum Gasteiger partial charge on any atom is -0.478 e. The third kappa shape index (κ3) is 2.67. The van der Waals surface area contributed by atoms with Gasteiger partial charge in [-0.25, -0.2) is 13.6 Å². The molecule has 26 heavy (non-hydrogen) atoms. The Morgan fingerprint density at radius 1 is 0.885 bits per heavy atom. The average Bonchev–Trinajstić information content (AvgIpc) is 3.06. The van der Waals surface area contributed by atoms with E-state index in [1.165, 1.54) is 18.2 Å². The predicted molar refractivity (Wildman–Crippen MR) is 95.1 cm³/mol. The normalized spacial score (nSPS) is 12.6. The minimum atomic E-state index is -0.983. The Morgan fingerprint density at radius 2 is 1.50 bits per heavy atom. The van der Waals surface area contributed by atoms with Crippen LogP contribution in [-0.2, 0) is 6.42 Å². The Morgan fingerprint density at radius 3 is 2.15 bits per heavy atom. The van der Waals surface area contributed by atoms with Crippen LogP contribution < -0.4 is 0 Å². The van der Waals surface area contributed by atoms with Crippen molar-refractivity contribution >= 4 is 17.4 Å². The number of hydrogen-bond acceptors (Lipinski definition) is 2. The van der Waals surface area contributed by atoms with Gasteiger partial charge in [-0.15, -0.1) is 0 Å². The number of carbonyl (C=O) groups is 1. The molecule has 0 amide bonds. The van der Waals surface area contributed by atoms with E-state index in [1.807, 2.05) is 0 Å². The van der Waals surface area contributed by atoms with Crippen LogP contribution in [0.3, 0.4) is 0 Å². The zero-order valence-electron chi connectivity index (χ0n) is 13.5. The molecular weight excluding hydrogens is 336 g/mol. The van der Waals surface area contributed by atoms with E-state index in [4.69, 9.17) is 0 Å². The van der Waals surface area contributed by atoms with E-state index in [1.54, 1.807) is 42.5 Å². The zero-order valence-corrected chi connectivity index (χ0v) is 13.5. The summed E-state index contributed by atoms with van der Waals surface area (Å²) in [6.07, 6.45) is 0.408. The quantitative estimate of drug-likeness (QED) is 0.723. The summed E-state index contributed by atoms with van der Waals surface area (Å²) in [6, 6.07) is 15.5. The number of nitrogens with zero attached hydrogens (tertiary/aromatic N) is 1. The van der Waals surface area contributed by atoms with Crippen LogP contribution in [0.15, 0.2) is 65.7 Å². The van der Waals surface area contributed by atoms with Crippen molar-refractivity contribution in [3.63, 3.8) is 0 Å². The van der Waals surface area contributed by atoms with Crippen LogP contribution in [0.4, 0.5) is 14.5 Å². The van der Waals surface area contributed by atoms with Crippen molar-refractivity contribution in [2.45, 2.75) is 6.42 Å². The fraction of sp³-hybridized carbons (Fsp3) is 0.0476. The van der Waals surface area contributed by atoms with Gasteiger partial charge in [-0.05, 0) is 41.0 Å². The van der Waals surface area contributed by atoms with E-state index in [2.05, 4.69) is 4.99 Å². The van der Waals surface area contributed by atoms with Gasteiger partial charge >= 0.3 is 5.97 Å². The number of halogens is 2. The van der Waals surface area contributed by atoms with Gasteiger partial charge in [-0.2, -0.15) is 0 Å². The summed E-state index contributed by atoms with van der Waals surface area (Å²) in [7, 11) is 0. The molecule has 0 spiro atoms. The maximum Gasteiger partial charge on any atom is 0.336 e. The van der Waals surface area contributed by atoms with Crippen molar-refractivity contribution in [3.8, 4) is 11.1 Å². The molecule has 1 aliphatic rings. The first-order valence-electron chi connectivity index (χ1n) is 8.02. The van der Waals surface area contributed by atoms with Crippen LogP contribution in [0.5, 0.6) is 0 Å². The molecule has 0 bridgehead atoms. The Hall–Kier alpha value is -3.34. The molecule has 0 atom stereocenters. The highest BCUT2D eigenvalue weighted by Gasteiger charge is 2.22. The van der Waals surface area contributed by atoms with Crippen LogP contribution in [-0.4, -0.2) is 16.8 Å². The van der Waals surface area contributed by atoms with Crippen molar-refractivity contribution in [3.05, 3.63) is 89.0 Å². The smallest absolute Gasteiger partial charge is 0.336 e. The van der Waals surface area contributed by atoms with Crippen molar-refractivity contribution < 1.29 is 18.7 Å². The summed E-state index contributed by atoms with van der Waals surface area (Å²) in [6.45, 7) is 0.